The number of rotatable bonds is 8. The average Bonchev–Trinajstić information content (AvgIpc) is 3.25. The van der Waals surface area contributed by atoms with E-state index in [9.17, 15) is 4.79 Å². The molecule has 0 saturated heterocycles. The number of allylic oxidation sites excluding steroid dienone is 1. The highest BCUT2D eigenvalue weighted by atomic mass is 32.1. The first-order valence-corrected chi connectivity index (χ1v) is 9.62. The lowest BCUT2D eigenvalue weighted by Gasteiger charge is -2.28. The highest BCUT2D eigenvalue weighted by molar-refractivity contribution is 7.08. The Bertz CT molecular complexity index is 779. The van der Waals surface area contributed by atoms with Gasteiger partial charge in [0.1, 0.15) is 6.61 Å². The zero-order valence-electron chi connectivity index (χ0n) is 14.9. The van der Waals surface area contributed by atoms with E-state index in [1.54, 1.807) is 17.4 Å². The normalized spacial score (nSPS) is 19.1. The molecule has 6 heteroatoms. The third-order valence-electron chi connectivity index (χ3n) is 4.20. The minimum atomic E-state index is -0.552. The van der Waals surface area contributed by atoms with Gasteiger partial charge in [0.25, 0.3) is 0 Å². The monoisotopic (exact) mass is 386 g/mol. The number of carbonyl (C=O) groups excluding carboxylic acids is 1. The molecule has 0 fully saturated rings. The molecule has 2 heterocycles. The molecule has 27 heavy (non-hydrogen) atoms. The van der Waals surface area contributed by atoms with Crippen molar-refractivity contribution >= 4 is 17.3 Å². The summed E-state index contributed by atoms with van der Waals surface area (Å²) in [5, 5.41) is 13.2. The Morgan fingerprint density at radius 2 is 2.07 bits per heavy atom. The first-order valence-electron chi connectivity index (χ1n) is 8.68. The summed E-state index contributed by atoms with van der Waals surface area (Å²) in [6, 6.07) is 9.55. The molecule has 1 aromatic carbocycles. The van der Waals surface area contributed by atoms with Gasteiger partial charge in [0.15, 0.2) is 0 Å². The van der Waals surface area contributed by atoms with E-state index in [0.717, 1.165) is 16.7 Å². The minimum Gasteiger partial charge on any atom is -0.458 e. The van der Waals surface area contributed by atoms with Crippen LogP contribution in [0.2, 0.25) is 0 Å². The number of benzene rings is 1. The molecular weight excluding hydrogens is 364 g/mol. The molecule has 0 unspecified atom stereocenters. The summed E-state index contributed by atoms with van der Waals surface area (Å²) >= 11 is 1.61. The second-order valence-electron chi connectivity index (χ2n) is 6.15. The van der Waals surface area contributed by atoms with Gasteiger partial charge in [-0.15, -0.1) is 0 Å². The highest BCUT2D eigenvalue weighted by Crippen LogP contribution is 2.33. The topological polar surface area (TPSA) is 65.0 Å². The summed E-state index contributed by atoms with van der Waals surface area (Å²) in [5.74, 6) is -0.325. The van der Waals surface area contributed by atoms with Crippen LogP contribution < -0.4 is 0 Å². The van der Waals surface area contributed by atoms with Crippen molar-refractivity contribution in [3.05, 3.63) is 82.3 Å². The Morgan fingerprint density at radius 3 is 2.74 bits per heavy atom. The number of aliphatic hydroxyl groups excluding tert-OH is 1. The Balaban J connectivity index is 1.68. The lowest BCUT2D eigenvalue weighted by molar-refractivity contribution is -0.163. The maximum Gasteiger partial charge on any atom is 0.373 e. The largest absolute Gasteiger partial charge is 0.458 e. The molecule has 142 valence electrons. The number of esters is 1. The number of thiophene rings is 1. The van der Waals surface area contributed by atoms with Gasteiger partial charge in [-0.3, -0.25) is 0 Å². The Kier molecular flexibility index (Phi) is 6.81. The van der Waals surface area contributed by atoms with Crippen molar-refractivity contribution in [3.63, 3.8) is 0 Å². The molecule has 0 bridgehead atoms. The summed E-state index contributed by atoms with van der Waals surface area (Å²) in [5.41, 5.74) is 2.94. The molecule has 1 N–H and O–H groups in total. The standard InChI is InChI=1S/C21H22O5S/c1-2-8-24-21(23)19-10-18(17-7-9-27-14-17)11-20(26-19)25-13-16-5-3-15(12-22)4-6-16/h2-7,9-10,14,18,20,22H,1,8,11-13H2/t18-,20+/m0/s1. The van der Waals surface area contributed by atoms with Gasteiger partial charge in [0.2, 0.25) is 12.0 Å². The van der Waals surface area contributed by atoms with Crippen LogP contribution in [-0.2, 0) is 32.2 Å². The Labute approximate surface area is 162 Å². The van der Waals surface area contributed by atoms with Crippen LogP contribution in [0.25, 0.3) is 0 Å². The van der Waals surface area contributed by atoms with Crippen LogP contribution >= 0.6 is 11.3 Å². The van der Waals surface area contributed by atoms with Crippen molar-refractivity contribution in [1.29, 1.82) is 0 Å². The quantitative estimate of drug-likeness (QED) is 0.551. The van der Waals surface area contributed by atoms with Gasteiger partial charge in [-0.05, 0) is 39.6 Å². The van der Waals surface area contributed by atoms with Crippen LogP contribution in [0, 0.1) is 0 Å². The molecule has 2 atom stereocenters. The van der Waals surface area contributed by atoms with Gasteiger partial charge in [-0.2, -0.15) is 11.3 Å². The van der Waals surface area contributed by atoms with Gasteiger partial charge < -0.3 is 19.3 Å². The van der Waals surface area contributed by atoms with E-state index in [1.165, 1.54) is 6.08 Å². The molecule has 5 nitrogen and oxygen atoms in total. The fourth-order valence-corrected chi connectivity index (χ4v) is 3.48. The van der Waals surface area contributed by atoms with Crippen LogP contribution in [0.15, 0.2) is 65.6 Å². The van der Waals surface area contributed by atoms with E-state index in [0.29, 0.717) is 13.0 Å². The zero-order valence-corrected chi connectivity index (χ0v) is 15.7. The first kappa shape index (κ1) is 19.4. The zero-order chi connectivity index (χ0) is 19.1. The molecule has 0 radical (unpaired) electrons. The number of hydrogen-bond acceptors (Lipinski definition) is 6. The fourth-order valence-electron chi connectivity index (χ4n) is 2.76. The molecular formula is C21H22O5S. The van der Waals surface area contributed by atoms with Crippen molar-refractivity contribution < 1.29 is 24.1 Å². The summed E-state index contributed by atoms with van der Waals surface area (Å²) in [6.07, 6.45) is 3.37. The van der Waals surface area contributed by atoms with Crippen molar-refractivity contribution in [2.45, 2.75) is 31.8 Å². The van der Waals surface area contributed by atoms with E-state index in [4.69, 9.17) is 19.3 Å². The number of hydrogen-bond donors (Lipinski definition) is 1. The summed E-state index contributed by atoms with van der Waals surface area (Å²) in [7, 11) is 0. The van der Waals surface area contributed by atoms with Crippen molar-refractivity contribution in [3.8, 4) is 0 Å². The SMILES string of the molecule is C=CCOC(=O)C1=C[C@H](c2ccsc2)C[C@H](OCc2ccc(CO)cc2)O1. The minimum absolute atomic E-state index is 0.0101. The molecule has 1 aliphatic rings. The van der Waals surface area contributed by atoms with Gasteiger partial charge in [-0.1, -0.05) is 36.9 Å². The van der Waals surface area contributed by atoms with Gasteiger partial charge >= 0.3 is 5.97 Å². The molecule has 1 aromatic heterocycles. The molecule has 2 aromatic rings. The lowest BCUT2D eigenvalue weighted by atomic mass is 9.95. The number of ether oxygens (including phenoxy) is 3. The Hall–Kier alpha value is -2.41. The van der Waals surface area contributed by atoms with Crippen molar-refractivity contribution in [1.82, 2.24) is 0 Å². The van der Waals surface area contributed by atoms with Crippen LogP contribution in [0.5, 0.6) is 0 Å². The molecule has 0 saturated carbocycles. The van der Waals surface area contributed by atoms with E-state index in [2.05, 4.69) is 12.0 Å². The number of aliphatic hydroxyl groups is 1. The van der Waals surface area contributed by atoms with Crippen LogP contribution in [-0.4, -0.2) is 24.0 Å². The summed E-state index contributed by atoms with van der Waals surface area (Å²) < 4.78 is 16.7. The van der Waals surface area contributed by atoms with Gasteiger partial charge in [-0.25, -0.2) is 4.79 Å². The summed E-state index contributed by atoms with van der Waals surface area (Å²) in [6.45, 7) is 4.04. The lowest BCUT2D eigenvalue weighted by Crippen LogP contribution is -2.27. The van der Waals surface area contributed by atoms with Crippen LogP contribution in [0.4, 0.5) is 0 Å². The predicted molar refractivity (Wildman–Crippen MR) is 103 cm³/mol. The first-order chi connectivity index (χ1) is 13.2. The van der Waals surface area contributed by atoms with Crippen molar-refractivity contribution in [2.24, 2.45) is 0 Å². The summed E-state index contributed by atoms with van der Waals surface area (Å²) in [4.78, 5) is 12.2. The van der Waals surface area contributed by atoms with E-state index in [-0.39, 0.29) is 24.9 Å². The molecule has 3 rings (SSSR count). The molecule has 1 aliphatic heterocycles. The molecule has 0 amide bonds. The Morgan fingerprint density at radius 1 is 1.30 bits per heavy atom. The van der Waals surface area contributed by atoms with E-state index in [1.807, 2.05) is 35.7 Å². The van der Waals surface area contributed by atoms with E-state index >= 15 is 0 Å². The highest BCUT2D eigenvalue weighted by Gasteiger charge is 2.29. The van der Waals surface area contributed by atoms with Crippen LogP contribution in [0.3, 0.4) is 0 Å². The third-order valence-corrected chi connectivity index (χ3v) is 4.91. The fraction of sp³-hybridized carbons (Fsp3) is 0.286. The number of carbonyl (C=O) groups is 1. The molecule has 0 aliphatic carbocycles. The van der Waals surface area contributed by atoms with Gasteiger partial charge in [0.05, 0.1) is 13.2 Å². The maximum atomic E-state index is 12.2. The smallest absolute Gasteiger partial charge is 0.373 e. The van der Waals surface area contributed by atoms with Gasteiger partial charge in [0, 0.05) is 12.3 Å². The maximum absolute atomic E-state index is 12.2. The van der Waals surface area contributed by atoms with E-state index < -0.39 is 12.3 Å². The van der Waals surface area contributed by atoms with Crippen LogP contribution in [0.1, 0.15) is 29.0 Å². The third kappa shape index (κ3) is 5.29. The second kappa shape index (κ2) is 9.50. The predicted octanol–water partition coefficient (Wildman–Crippen LogP) is 3.90. The second-order valence-corrected chi connectivity index (χ2v) is 6.93. The average molecular weight is 386 g/mol. The van der Waals surface area contributed by atoms with Crippen molar-refractivity contribution in [2.75, 3.05) is 6.61 Å². The molecule has 0 spiro atoms.